The van der Waals surface area contributed by atoms with Crippen LogP contribution in [0.2, 0.25) is 5.02 Å². The van der Waals surface area contributed by atoms with Gasteiger partial charge in [0.1, 0.15) is 0 Å². The van der Waals surface area contributed by atoms with Gasteiger partial charge in [0.15, 0.2) is 0 Å². The first-order chi connectivity index (χ1) is 11.4. The summed E-state index contributed by atoms with van der Waals surface area (Å²) >= 11 is 5.99. The molecule has 1 aromatic rings. The van der Waals surface area contributed by atoms with Gasteiger partial charge in [0, 0.05) is 27.2 Å². The summed E-state index contributed by atoms with van der Waals surface area (Å²) in [6.07, 6.45) is -4.18. The average molecular weight is 399 g/mol. The van der Waals surface area contributed by atoms with Crippen molar-refractivity contribution in [3.8, 4) is 0 Å². The van der Waals surface area contributed by atoms with Crippen LogP contribution in [0.1, 0.15) is 23.2 Å². The van der Waals surface area contributed by atoms with Crippen LogP contribution in [0.4, 0.5) is 13.2 Å². The molecule has 0 spiro atoms. The predicted molar refractivity (Wildman–Crippen MR) is 87.0 cm³/mol. The molecule has 25 heavy (non-hydrogen) atoms. The van der Waals surface area contributed by atoms with E-state index < -0.39 is 34.6 Å². The second kappa shape index (κ2) is 7.13. The monoisotopic (exact) mass is 398 g/mol. The Labute approximate surface area is 149 Å². The Morgan fingerprint density at radius 1 is 1.32 bits per heavy atom. The molecule has 1 aliphatic rings. The van der Waals surface area contributed by atoms with E-state index in [0.29, 0.717) is 0 Å². The lowest BCUT2D eigenvalue weighted by atomic mass is 9.97. The molecule has 1 saturated heterocycles. The number of hydrogen-bond acceptors (Lipinski definition) is 3. The van der Waals surface area contributed by atoms with Crippen molar-refractivity contribution in [2.45, 2.75) is 23.9 Å². The van der Waals surface area contributed by atoms with Gasteiger partial charge in [-0.05, 0) is 31.0 Å². The summed E-state index contributed by atoms with van der Waals surface area (Å²) in [5.41, 5.74) is -0.118. The van der Waals surface area contributed by atoms with Gasteiger partial charge in [-0.15, -0.1) is 0 Å². The molecule has 2 rings (SSSR count). The smallest absolute Gasteiger partial charge is 0.338 e. The maximum absolute atomic E-state index is 12.9. The molecule has 0 aromatic heterocycles. The van der Waals surface area contributed by atoms with Gasteiger partial charge in [0.05, 0.1) is 21.4 Å². The van der Waals surface area contributed by atoms with Crippen molar-refractivity contribution in [2.75, 3.05) is 27.2 Å². The van der Waals surface area contributed by atoms with Crippen LogP contribution in [-0.2, 0) is 10.0 Å². The number of alkyl halides is 3. The highest BCUT2D eigenvalue weighted by Gasteiger charge is 2.43. The second-order valence-electron chi connectivity index (χ2n) is 6.06. The summed E-state index contributed by atoms with van der Waals surface area (Å²) in [5.74, 6) is -2.28. The Hall–Kier alpha value is -1.32. The molecule has 1 heterocycles. The Morgan fingerprint density at radius 2 is 1.96 bits per heavy atom. The Balaban J connectivity index is 2.33. The van der Waals surface area contributed by atoms with Crippen molar-refractivity contribution in [3.63, 3.8) is 0 Å². The van der Waals surface area contributed by atoms with Crippen molar-refractivity contribution in [1.29, 1.82) is 0 Å². The van der Waals surface area contributed by atoms with Crippen molar-refractivity contribution >= 4 is 27.5 Å². The number of piperidine rings is 1. The molecular weight excluding hydrogens is 381 g/mol. The first kappa shape index (κ1) is 20.0. The average Bonchev–Trinajstić information content (AvgIpc) is 2.53. The molecule has 140 valence electrons. The highest BCUT2D eigenvalue weighted by molar-refractivity contribution is 7.89. The van der Waals surface area contributed by atoms with Crippen LogP contribution in [0.15, 0.2) is 23.1 Å². The Morgan fingerprint density at radius 3 is 2.52 bits per heavy atom. The highest BCUT2D eigenvalue weighted by Crippen LogP contribution is 2.34. The molecule has 0 bridgehead atoms. The minimum atomic E-state index is -4.38. The predicted octanol–water partition coefficient (Wildman–Crippen LogP) is 3.00. The van der Waals surface area contributed by atoms with E-state index in [-0.39, 0.29) is 34.9 Å². The number of nitrogens with zero attached hydrogens (tertiary/aromatic N) is 2. The first-order valence-corrected chi connectivity index (χ1v) is 9.34. The third-order valence-electron chi connectivity index (χ3n) is 4.12. The van der Waals surface area contributed by atoms with E-state index in [1.807, 2.05) is 0 Å². The molecule has 1 aliphatic heterocycles. The van der Waals surface area contributed by atoms with Crippen LogP contribution in [0.25, 0.3) is 0 Å². The number of carbonyl (C=O) groups is 1. The lowest BCUT2D eigenvalue weighted by Gasteiger charge is -2.34. The largest absolute Gasteiger partial charge is 0.393 e. The fraction of sp³-hybridized carbons (Fsp3) is 0.533. The molecule has 5 nitrogen and oxygen atoms in total. The fourth-order valence-electron chi connectivity index (χ4n) is 2.64. The van der Waals surface area contributed by atoms with Crippen LogP contribution in [-0.4, -0.2) is 56.9 Å². The van der Waals surface area contributed by atoms with Gasteiger partial charge in [0.2, 0.25) is 10.0 Å². The Kier molecular flexibility index (Phi) is 5.70. The summed E-state index contributed by atoms with van der Waals surface area (Å²) in [4.78, 5) is 13.5. The number of amides is 1. The van der Waals surface area contributed by atoms with Gasteiger partial charge in [-0.25, -0.2) is 12.7 Å². The second-order valence-corrected chi connectivity index (χ2v) is 8.62. The number of carbonyl (C=O) groups excluding carboxylic acids is 1. The molecule has 10 heteroatoms. The molecule has 0 radical (unpaired) electrons. The summed E-state index contributed by atoms with van der Waals surface area (Å²) < 4.78 is 64.1. The van der Waals surface area contributed by atoms with Crippen LogP contribution in [0, 0.1) is 5.92 Å². The van der Waals surface area contributed by atoms with Crippen molar-refractivity contribution < 1.29 is 26.4 Å². The van der Waals surface area contributed by atoms with E-state index in [4.69, 9.17) is 11.6 Å². The standard InChI is InChI=1S/C15H18ClF3N2O3S/c1-20(2)25(23,24)11-5-6-13(16)12(8-11)14(22)21-7-3-4-10(9-21)15(17,18)19/h5-6,8,10H,3-4,7,9H2,1-2H3. The number of rotatable bonds is 3. The molecule has 0 aliphatic carbocycles. The highest BCUT2D eigenvalue weighted by atomic mass is 35.5. The molecular formula is C15H18ClF3N2O3S. The van der Waals surface area contributed by atoms with E-state index in [1.165, 1.54) is 26.2 Å². The van der Waals surface area contributed by atoms with Crippen LogP contribution in [0.5, 0.6) is 0 Å². The maximum Gasteiger partial charge on any atom is 0.393 e. The number of benzene rings is 1. The SMILES string of the molecule is CN(C)S(=O)(=O)c1ccc(Cl)c(C(=O)N2CCCC(C(F)(F)F)C2)c1. The van der Waals surface area contributed by atoms with E-state index in [9.17, 15) is 26.4 Å². The minimum absolute atomic E-state index is 0.00293. The molecule has 1 atom stereocenters. The zero-order valence-corrected chi connectivity index (χ0v) is 15.2. The van der Waals surface area contributed by atoms with Crippen molar-refractivity contribution in [1.82, 2.24) is 9.21 Å². The first-order valence-electron chi connectivity index (χ1n) is 7.52. The molecule has 0 N–H and O–H groups in total. The van der Waals surface area contributed by atoms with E-state index in [0.717, 1.165) is 15.3 Å². The molecule has 0 saturated carbocycles. The van der Waals surface area contributed by atoms with Crippen LogP contribution in [0.3, 0.4) is 0 Å². The summed E-state index contributed by atoms with van der Waals surface area (Å²) in [7, 11) is -1.12. The Bertz CT molecular complexity index is 766. The zero-order chi connectivity index (χ0) is 19.0. The van der Waals surface area contributed by atoms with Crippen molar-refractivity contribution in [2.24, 2.45) is 5.92 Å². The number of sulfonamides is 1. The van der Waals surface area contributed by atoms with E-state index in [1.54, 1.807) is 0 Å². The van der Waals surface area contributed by atoms with Gasteiger partial charge in [-0.2, -0.15) is 13.2 Å². The number of halogens is 4. The van der Waals surface area contributed by atoms with Crippen LogP contribution >= 0.6 is 11.6 Å². The summed E-state index contributed by atoms with van der Waals surface area (Å²) in [6.45, 7) is -0.282. The lowest BCUT2D eigenvalue weighted by Crippen LogP contribution is -2.44. The summed E-state index contributed by atoms with van der Waals surface area (Å²) in [5, 5.41) is -0.00293. The van der Waals surface area contributed by atoms with Crippen LogP contribution < -0.4 is 0 Å². The van der Waals surface area contributed by atoms with Gasteiger partial charge in [-0.3, -0.25) is 4.79 Å². The third kappa shape index (κ3) is 4.27. The van der Waals surface area contributed by atoms with Gasteiger partial charge >= 0.3 is 6.18 Å². The zero-order valence-electron chi connectivity index (χ0n) is 13.7. The minimum Gasteiger partial charge on any atom is -0.338 e. The quantitative estimate of drug-likeness (QED) is 0.786. The molecule has 1 fully saturated rings. The van der Waals surface area contributed by atoms with Gasteiger partial charge < -0.3 is 4.90 Å². The van der Waals surface area contributed by atoms with Gasteiger partial charge in [0.25, 0.3) is 5.91 Å². The normalized spacial score (nSPS) is 19.3. The van der Waals surface area contributed by atoms with Gasteiger partial charge in [-0.1, -0.05) is 11.6 Å². The molecule has 1 aromatic carbocycles. The fourth-order valence-corrected chi connectivity index (χ4v) is 3.77. The molecule has 1 unspecified atom stereocenters. The lowest BCUT2D eigenvalue weighted by molar-refractivity contribution is -0.184. The molecule has 1 amide bonds. The maximum atomic E-state index is 12.9. The number of hydrogen-bond donors (Lipinski definition) is 0. The topological polar surface area (TPSA) is 57.7 Å². The van der Waals surface area contributed by atoms with E-state index in [2.05, 4.69) is 0 Å². The number of likely N-dealkylation sites (tertiary alicyclic amines) is 1. The van der Waals surface area contributed by atoms with E-state index >= 15 is 0 Å². The third-order valence-corrected chi connectivity index (χ3v) is 6.26. The summed E-state index contributed by atoms with van der Waals surface area (Å²) in [6, 6.07) is 3.62. The van der Waals surface area contributed by atoms with Crippen molar-refractivity contribution in [3.05, 3.63) is 28.8 Å².